The van der Waals surface area contributed by atoms with Crippen LogP contribution >= 0.6 is 0 Å². The van der Waals surface area contributed by atoms with E-state index in [-0.39, 0.29) is 31.1 Å². The van der Waals surface area contributed by atoms with Gasteiger partial charge in [0.1, 0.15) is 22.5 Å². The molecule has 154 valence electrons. The van der Waals surface area contributed by atoms with E-state index in [1.807, 2.05) is 48.5 Å². The van der Waals surface area contributed by atoms with Gasteiger partial charge in [-0.15, -0.1) is 0 Å². The number of rotatable bonds is 8. The van der Waals surface area contributed by atoms with Crippen molar-refractivity contribution in [2.75, 3.05) is 18.6 Å². The quantitative estimate of drug-likeness (QED) is 0.683. The molecule has 2 aromatic rings. The zero-order chi connectivity index (χ0) is 21.0. The summed E-state index contributed by atoms with van der Waals surface area (Å²) in [5, 5.41) is 11.6. The van der Waals surface area contributed by atoms with Crippen molar-refractivity contribution in [3.63, 3.8) is 0 Å². The van der Waals surface area contributed by atoms with Crippen LogP contribution in [0.25, 0.3) is 11.1 Å². The highest BCUT2D eigenvalue weighted by Gasteiger charge is 2.29. The molecule has 0 saturated carbocycles. The van der Waals surface area contributed by atoms with Gasteiger partial charge in [0.25, 0.3) is 0 Å². The second-order valence-corrected chi connectivity index (χ2v) is 9.39. The number of carboxylic acids is 1. The van der Waals surface area contributed by atoms with Crippen LogP contribution in [-0.4, -0.2) is 50.2 Å². The van der Waals surface area contributed by atoms with Gasteiger partial charge in [0.15, 0.2) is 0 Å². The van der Waals surface area contributed by atoms with Gasteiger partial charge >= 0.3 is 12.1 Å². The van der Waals surface area contributed by atoms with E-state index in [0.29, 0.717) is 0 Å². The number of amides is 1. The first kappa shape index (κ1) is 20.9. The number of carbonyl (C=O) groups excluding carboxylic acids is 1. The molecule has 0 saturated heterocycles. The monoisotopic (exact) mass is 417 g/mol. The maximum absolute atomic E-state index is 12.2. The van der Waals surface area contributed by atoms with Crippen molar-refractivity contribution in [2.24, 2.45) is 0 Å². The molecule has 0 bridgehead atoms. The van der Waals surface area contributed by atoms with E-state index in [2.05, 4.69) is 5.32 Å². The molecule has 0 fully saturated rings. The summed E-state index contributed by atoms with van der Waals surface area (Å²) in [7, 11) is -3.19. The third kappa shape index (κ3) is 5.14. The average Bonchev–Trinajstić information content (AvgIpc) is 2.98. The van der Waals surface area contributed by atoms with Crippen LogP contribution in [0.4, 0.5) is 4.79 Å². The molecule has 1 unspecified atom stereocenters. The van der Waals surface area contributed by atoms with Gasteiger partial charge in [0, 0.05) is 17.9 Å². The number of ether oxygens (including phenoxy) is 1. The molecule has 2 aromatic carbocycles. The molecule has 7 nitrogen and oxygen atoms in total. The van der Waals surface area contributed by atoms with Gasteiger partial charge in [-0.1, -0.05) is 48.5 Å². The summed E-state index contributed by atoms with van der Waals surface area (Å²) >= 11 is 0. The largest absolute Gasteiger partial charge is 0.480 e. The van der Waals surface area contributed by atoms with Gasteiger partial charge in [-0.25, -0.2) is 18.0 Å². The third-order valence-corrected chi connectivity index (χ3v) is 5.97. The lowest BCUT2D eigenvalue weighted by molar-refractivity contribution is -0.139. The minimum atomic E-state index is -3.19. The van der Waals surface area contributed by atoms with Crippen LogP contribution in [0.1, 0.15) is 29.9 Å². The Balaban J connectivity index is 1.62. The molecule has 1 atom stereocenters. The second kappa shape index (κ2) is 8.65. The number of nitrogens with one attached hydrogen (secondary N) is 1. The molecule has 0 aromatic heterocycles. The van der Waals surface area contributed by atoms with Gasteiger partial charge in [-0.05, 0) is 35.1 Å². The Bertz CT molecular complexity index is 972. The topological polar surface area (TPSA) is 110 Å². The number of hydrogen-bond acceptors (Lipinski definition) is 5. The summed E-state index contributed by atoms with van der Waals surface area (Å²) in [6.45, 7) is 0.0789. The van der Waals surface area contributed by atoms with Crippen LogP contribution in [0.15, 0.2) is 48.5 Å². The molecule has 1 amide bonds. The zero-order valence-corrected chi connectivity index (χ0v) is 16.8. The van der Waals surface area contributed by atoms with Crippen molar-refractivity contribution in [1.29, 1.82) is 0 Å². The summed E-state index contributed by atoms with van der Waals surface area (Å²) in [4.78, 5) is 23.5. The highest BCUT2D eigenvalue weighted by molar-refractivity contribution is 7.90. The van der Waals surface area contributed by atoms with Crippen molar-refractivity contribution in [2.45, 2.75) is 24.8 Å². The molecule has 0 radical (unpaired) electrons. The van der Waals surface area contributed by atoms with Gasteiger partial charge < -0.3 is 15.2 Å². The second-order valence-electron chi connectivity index (χ2n) is 7.13. The summed E-state index contributed by atoms with van der Waals surface area (Å²) < 4.78 is 27.7. The molecule has 8 heteroatoms. The standard InChI is InChI=1S/C21H23NO6S/c1-29(26,27)12-6-11-19(20(23)24)22-21(25)28-13-18-16-9-4-2-7-14(16)15-8-3-5-10-17(15)18/h2-5,7-10,18-19H,6,11-13H2,1H3,(H,22,25)(H,23,24). The SMILES string of the molecule is CS(=O)(=O)CCCC(NC(=O)OCC1c2ccccc2-c2ccccc21)C(=O)O. The van der Waals surface area contributed by atoms with Crippen molar-refractivity contribution in [1.82, 2.24) is 5.32 Å². The van der Waals surface area contributed by atoms with E-state index in [0.717, 1.165) is 28.5 Å². The van der Waals surface area contributed by atoms with Crippen LogP contribution in [-0.2, 0) is 19.4 Å². The first-order valence-electron chi connectivity index (χ1n) is 9.28. The van der Waals surface area contributed by atoms with Crippen molar-refractivity contribution in [3.8, 4) is 11.1 Å². The highest BCUT2D eigenvalue weighted by atomic mass is 32.2. The van der Waals surface area contributed by atoms with Crippen molar-refractivity contribution < 1.29 is 27.9 Å². The van der Waals surface area contributed by atoms with Gasteiger partial charge in [-0.2, -0.15) is 0 Å². The highest BCUT2D eigenvalue weighted by Crippen LogP contribution is 2.44. The Hall–Kier alpha value is -2.87. The van der Waals surface area contributed by atoms with Crippen LogP contribution in [0.2, 0.25) is 0 Å². The molecule has 2 N–H and O–H groups in total. The van der Waals surface area contributed by atoms with Crippen LogP contribution < -0.4 is 5.32 Å². The van der Waals surface area contributed by atoms with Gasteiger partial charge in [-0.3, -0.25) is 0 Å². The number of aliphatic carboxylic acids is 1. The van der Waals surface area contributed by atoms with E-state index >= 15 is 0 Å². The summed E-state index contributed by atoms with van der Waals surface area (Å²) in [5.41, 5.74) is 4.32. The molecule has 0 spiro atoms. The summed E-state index contributed by atoms with van der Waals surface area (Å²) in [5.74, 6) is -1.49. The number of benzene rings is 2. The zero-order valence-electron chi connectivity index (χ0n) is 16.0. The lowest BCUT2D eigenvalue weighted by Gasteiger charge is -2.17. The lowest BCUT2D eigenvalue weighted by atomic mass is 9.98. The third-order valence-electron chi connectivity index (χ3n) is 4.94. The minimum absolute atomic E-state index is 0.00655. The molecule has 0 heterocycles. The molecule has 1 aliphatic rings. The minimum Gasteiger partial charge on any atom is -0.480 e. The number of carboxylic acid groups (broad SMARTS) is 1. The molecule has 29 heavy (non-hydrogen) atoms. The smallest absolute Gasteiger partial charge is 0.407 e. The molecule has 0 aliphatic heterocycles. The van der Waals surface area contributed by atoms with Gasteiger partial charge in [0.2, 0.25) is 0 Å². The number of alkyl carbamates (subject to hydrolysis) is 1. The number of fused-ring (bicyclic) bond motifs is 3. The average molecular weight is 417 g/mol. The van der Waals surface area contributed by atoms with Gasteiger partial charge in [0.05, 0.1) is 0 Å². The number of carbonyl (C=O) groups is 2. The van der Waals surface area contributed by atoms with E-state index in [1.165, 1.54) is 0 Å². The lowest BCUT2D eigenvalue weighted by Crippen LogP contribution is -2.41. The van der Waals surface area contributed by atoms with Crippen LogP contribution in [0, 0.1) is 0 Å². The van der Waals surface area contributed by atoms with E-state index in [1.54, 1.807) is 0 Å². The van der Waals surface area contributed by atoms with Crippen molar-refractivity contribution in [3.05, 3.63) is 59.7 Å². The Morgan fingerprint density at radius 1 is 1.07 bits per heavy atom. The molecule has 3 rings (SSSR count). The Kier molecular flexibility index (Phi) is 6.22. The van der Waals surface area contributed by atoms with Crippen molar-refractivity contribution >= 4 is 21.9 Å². The first-order valence-corrected chi connectivity index (χ1v) is 11.3. The Morgan fingerprint density at radius 3 is 2.14 bits per heavy atom. The number of sulfone groups is 1. The predicted molar refractivity (Wildman–Crippen MR) is 109 cm³/mol. The Labute approximate surface area is 169 Å². The predicted octanol–water partition coefficient (Wildman–Crippen LogP) is 2.80. The Morgan fingerprint density at radius 2 is 1.62 bits per heavy atom. The fourth-order valence-electron chi connectivity index (χ4n) is 3.59. The maximum Gasteiger partial charge on any atom is 0.407 e. The number of hydrogen-bond donors (Lipinski definition) is 2. The van der Waals surface area contributed by atoms with Crippen LogP contribution in [0.3, 0.4) is 0 Å². The maximum atomic E-state index is 12.2. The fraction of sp³-hybridized carbons (Fsp3) is 0.333. The molecular formula is C21H23NO6S. The van der Waals surface area contributed by atoms with E-state index < -0.39 is 27.9 Å². The van der Waals surface area contributed by atoms with E-state index in [9.17, 15) is 23.1 Å². The molecule has 1 aliphatic carbocycles. The first-order chi connectivity index (χ1) is 13.8. The normalized spacial score (nSPS) is 14.0. The van der Waals surface area contributed by atoms with Crippen LogP contribution in [0.5, 0.6) is 0 Å². The summed E-state index contributed by atoms with van der Waals surface area (Å²) in [6.07, 6.45) is 0.395. The van der Waals surface area contributed by atoms with E-state index in [4.69, 9.17) is 4.74 Å². The fourth-order valence-corrected chi connectivity index (χ4v) is 4.28. The molecular weight excluding hydrogens is 394 g/mol. The summed E-state index contributed by atoms with van der Waals surface area (Å²) in [6, 6.07) is 14.6.